The predicted molar refractivity (Wildman–Crippen MR) is 204 cm³/mol. The van der Waals surface area contributed by atoms with Crippen molar-refractivity contribution in [1.82, 2.24) is 20.2 Å². The Balaban J connectivity index is 1.45. The van der Waals surface area contributed by atoms with Gasteiger partial charge < -0.3 is 24.1 Å². The van der Waals surface area contributed by atoms with Gasteiger partial charge in [-0.1, -0.05) is 112 Å². The molecule has 1 saturated carbocycles. The SMILES string of the molecule is COc1coc(CN(C(=O)OCC(Cl)(Cl)Cl)C2CCN(C(=O)[C@@H](NC(=O)[C@H](CC3CCCC3)CN(C=O)OCc3ccccc3)C(C)(C)C)CC2)cc1=O. The monoisotopic (exact) mass is 812 g/mol. The lowest BCUT2D eigenvalue weighted by atomic mass is 9.84. The van der Waals surface area contributed by atoms with Gasteiger partial charge in [0.1, 0.15) is 31.3 Å². The maximum absolute atomic E-state index is 14.2. The molecule has 1 aromatic heterocycles. The van der Waals surface area contributed by atoms with Crippen LogP contribution in [0.2, 0.25) is 0 Å². The number of hydrogen-bond donors (Lipinski definition) is 1. The Bertz CT molecular complexity index is 1600. The molecule has 16 heteroatoms. The Morgan fingerprint density at radius 1 is 1.06 bits per heavy atom. The normalized spacial score (nSPS) is 16.7. The zero-order valence-corrected chi connectivity index (χ0v) is 33.5. The summed E-state index contributed by atoms with van der Waals surface area (Å²) in [5.41, 5.74) is -0.194. The number of alkyl halides is 3. The van der Waals surface area contributed by atoms with Crippen LogP contribution in [0.25, 0.3) is 0 Å². The summed E-state index contributed by atoms with van der Waals surface area (Å²) in [5.74, 6) is -0.633. The van der Waals surface area contributed by atoms with E-state index in [0.29, 0.717) is 31.6 Å². The van der Waals surface area contributed by atoms with Crippen LogP contribution in [0.4, 0.5) is 4.79 Å². The number of benzene rings is 1. The van der Waals surface area contributed by atoms with Crippen molar-refractivity contribution in [3.05, 3.63) is 64.2 Å². The van der Waals surface area contributed by atoms with E-state index in [0.717, 1.165) is 37.5 Å². The molecule has 2 aromatic rings. The molecule has 2 heterocycles. The number of carbonyl (C=O) groups excluding carboxylic acids is 4. The summed E-state index contributed by atoms with van der Waals surface area (Å²) >= 11 is 17.5. The van der Waals surface area contributed by atoms with Crippen molar-refractivity contribution >= 4 is 59.1 Å². The van der Waals surface area contributed by atoms with E-state index in [1.807, 2.05) is 51.1 Å². The molecule has 4 amide bonds. The number of methoxy groups -OCH3 is 1. The lowest BCUT2D eigenvalue weighted by Gasteiger charge is -2.41. The fourth-order valence-electron chi connectivity index (χ4n) is 6.88. The molecule has 2 fully saturated rings. The van der Waals surface area contributed by atoms with E-state index in [1.54, 1.807) is 4.90 Å². The number of carbonyl (C=O) groups is 4. The summed E-state index contributed by atoms with van der Waals surface area (Å²) in [6.07, 6.45) is 6.46. The molecule has 1 aliphatic carbocycles. The molecule has 0 radical (unpaired) electrons. The number of halogens is 3. The van der Waals surface area contributed by atoms with Gasteiger partial charge in [-0.3, -0.25) is 28.9 Å². The fourth-order valence-corrected chi connectivity index (χ4v) is 7.05. The first kappa shape index (κ1) is 43.2. The van der Waals surface area contributed by atoms with Crippen molar-refractivity contribution in [2.75, 3.05) is 33.4 Å². The van der Waals surface area contributed by atoms with E-state index in [2.05, 4.69) is 5.32 Å². The van der Waals surface area contributed by atoms with Gasteiger partial charge in [0, 0.05) is 25.2 Å². The Hall–Kier alpha value is -3.52. The van der Waals surface area contributed by atoms with Crippen LogP contribution in [-0.4, -0.2) is 88.4 Å². The van der Waals surface area contributed by atoms with Crippen molar-refractivity contribution in [3.8, 4) is 5.75 Å². The maximum Gasteiger partial charge on any atom is 0.410 e. The zero-order valence-electron chi connectivity index (χ0n) is 31.3. The van der Waals surface area contributed by atoms with E-state index in [9.17, 15) is 24.0 Å². The standard InChI is InChI=1S/C38H51Cl3N4O9/c1-37(2,3)33(42-34(48)28(18-26-10-8-9-11-26)20-44(25-46)54-22-27-12-6-5-7-13-27)35(49)43-16-14-29(15-17-43)45(36(50)53-24-38(39,40)41)21-30-19-31(47)32(51-4)23-52-30/h5-7,12-13,19,23,25-26,28-29,33H,8-11,14-18,20-22,24H2,1-4H3,(H,42,48)/t28-,33-/m1/s1. The average Bonchev–Trinajstić information content (AvgIpc) is 3.66. The lowest BCUT2D eigenvalue weighted by Crippen LogP contribution is -2.58. The molecule has 2 aliphatic rings. The van der Waals surface area contributed by atoms with Crippen molar-refractivity contribution in [1.29, 1.82) is 0 Å². The highest BCUT2D eigenvalue weighted by molar-refractivity contribution is 6.67. The zero-order chi connectivity index (χ0) is 39.5. The molecule has 13 nitrogen and oxygen atoms in total. The van der Waals surface area contributed by atoms with E-state index in [1.165, 1.54) is 23.1 Å². The highest BCUT2D eigenvalue weighted by Crippen LogP contribution is 2.32. The Labute approximate surface area is 331 Å². The number of likely N-dealkylation sites (tertiary alicyclic amines) is 1. The van der Waals surface area contributed by atoms with Crippen molar-refractivity contribution in [3.63, 3.8) is 0 Å². The molecule has 1 aliphatic heterocycles. The lowest BCUT2D eigenvalue weighted by molar-refractivity contribution is -0.182. The van der Waals surface area contributed by atoms with Crippen LogP contribution in [0.5, 0.6) is 5.75 Å². The van der Waals surface area contributed by atoms with Crippen LogP contribution >= 0.6 is 34.8 Å². The third-order valence-electron chi connectivity index (χ3n) is 9.83. The quantitative estimate of drug-likeness (QED) is 0.118. The topological polar surface area (TPSA) is 148 Å². The minimum Gasteiger partial charge on any atom is -0.490 e. The first-order valence-corrected chi connectivity index (χ1v) is 19.3. The number of piperidine rings is 1. The second-order valence-corrected chi connectivity index (χ2v) is 17.5. The number of ether oxygens (including phenoxy) is 2. The van der Waals surface area contributed by atoms with Gasteiger partial charge in [-0.25, -0.2) is 9.86 Å². The summed E-state index contributed by atoms with van der Waals surface area (Å²) in [6, 6.07) is 9.38. The highest BCUT2D eigenvalue weighted by atomic mass is 35.6. The molecule has 1 aromatic carbocycles. The van der Waals surface area contributed by atoms with Crippen LogP contribution in [0.15, 0.2) is 51.9 Å². The number of hydrogen-bond acceptors (Lipinski definition) is 9. The van der Waals surface area contributed by atoms with Crippen molar-refractivity contribution in [2.45, 2.75) is 94.7 Å². The Morgan fingerprint density at radius 3 is 2.30 bits per heavy atom. The van der Waals surface area contributed by atoms with Gasteiger partial charge in [0.2, 0.25) is 33.2 Å². The van der Waals surface area contributed by atoms with Crippen LogP contribution in [-0.2, 0) is 37.1 Å². The largest absolute Gasteiger partial charge is 0.490 e. The molecule has 4 rings (SSSR count). The molecule has 2 atom stereocenters. The number of nitrogens with one attached hydrogen (secondary N) is 1. The van der Waals surface area contributed by atoms with E-state index < -0.39 is 45.3 Å². The average molecular weight is 814 g/mol. The summed E-state index contributed by atoms with van der Waals surface area (Å²) in [5, 5.41) is 4.23. The van der Waals surface area contributed by atoms with Crippen LogP contribution < -0.4 is 15.5 Å². The molecule has 298 valence electrons. The third-order valence-corrected chi connectivity index (χ3v) is 10.2. The number of nitrogens with zero attached hydrogens (tertiary/aromatic N) is 3. The van der Waals surface area contributed by atoms with E-state index >= 15 is 0 Å². The first-order chi connectivity index (χ1) is 25.6. The minimum atomic E-state index is -1.84. The Morgan fingerprint density at radius 2 is 1.72 bits per heavy atom. The van der Waals surface area contributed by atoms with Gasteiger partial charge in [0.05, 0.1) is 26.1 Å². The smallest absolute Gasteiger partial charge is 0.410 e. The minimum absolute atomic E-state index is 0.0127. The summed E-state index contributed by atoms with van der Waals surface area (Å²) in [7, 11) is 1.34. The van der Waals surface area contributed by atoms with Crippen LogP contribution in [0, 0.1) is 17.3 Å². The van der Waals surface area contributed by atoms with Crippen LogP contribution in [0.3, 0.4) is 0 Å². The molecule has 0 unspecified atom stereocenters. The first-order valence-electron chi connectivity index (χ1n) is 18.2. The van der Waals surface area contributed by atoms with Crippen molar-refractivity contribution < 1.29 is 37.9 Å². The van der Waals surface area contributed by atoms with Gasteiger partial charge in [-0.2, -0.15) is 0 Å². The van der Waals surface area contributed by atoms with Gasteiger partial charge in [-0.15, -0.1) is 0 Å². The molecule has 54 heavy (non-hydrogen) atoms. The number of rotatable bonds is 16. The molecular formula is C38H51Cl3N4O9. The van der Waals surface area contributed by atoms with Crippen molar-refractivity contribution in [2.24, 2.45) is 17.3 Å². The molecule has 1 N–H and O–H groups in total. The Kier molecular flexibility index (Phi) is 15.9. The highest BCUT2D eigenvalue weighted by Gasteiger charge is 2.40. The molecule has 0 spiro atoms. The van der Waals surface area contributed by atoms with Gasteiger partial charge in [0.25, 0.3) is 0 Å². The maximum atomic E-state index is 14.2. The van der Waals surface area contributed by atoms with Gasteiger partial charge in [0.15, 0.2) is 0 Å². The van der Waals surface area contributed by atoms with Gasteiger partial charge >= 0.3 is 6.09 Å². The fraction of sp³-hybridized carbons (Fsp3) is 0.605. The predicted octanol–water partition coefficient (Wildman–Crippen LogP) is 6.27. The van der Waals surface area contributed by atoms with Crippen LogP contribution in [0.1, 0.15) is 77.0 Å². The second kappa shape index (κ2) is 19.9. The molecular weight excluding hydrogens is 763 g/mol. The molecule has 1 saturated heterocycles. The van der Waals surface area contributed by atoms with E-state index in [-0.39, 0.29) is 56.1 Å². The van der Waals surface area contributed by atoms with Gasteiger partial charge in [-0.05, 0) is 36.2 Å². The number of hydroxylamine groups is 2. The number of amides is 4. The molecule has 0 bridgehead atoms. The van der Waals surface area contributed by atoms with E-state index in [4.69, 9.17) is 53.5 Å². The third kappa shape index (κ3) is 13.1. The summed E-state index contributed by atoms with van der Waals surface area (Å²) in [4.78, 5) is 74.9. The second-order valence-electron chi connectivity index (χ2n) is 15.0. The summed E-state index contributed by atoms with van der Waals surface area (Å²) in [6.45, 7) is 5.80. The summed E-state index contributed by atoms with van der Waals surface area (Å²) < 4.78 is 14.0.